The molecule has 0 spiro atoms. The van der Waals surface area contributed by atoms with Crippen molar-refractivity contribution in [2.45, 2.75) is 101 Å². The summed E-state index contributed by atoms with van der Waals surface area (Å²) in [5.74, 6) is -6.93. The zero-order valence-corrected chi connectivity index (χ0v) is 41.7. The van der Waals surface area contributed by atoms with Crippen LogP contribution in [-0.4, -0.2) is 148 Å². The van der Waals surface area contributed by atoms with Gasteiger partial charge in [-0.1, -0.05) is 55.0 Å². The van der Waals surface area contributed by atoms with Crippen LogP contribution in [0.4, 0.5) is 37.7 Å². The number of alkyl halides is 3. The predicted molar refractivity (Wildman–Crippen MR) is 270 cm³/mol. The molecule has 4 fully saturated rings. The number of benzene rings is 4. The number of hydrogen-bond acceptors (Lipinski definition) is 9. The average molecular weight is 992 g/mol. The van der Waals surface area contributed by atoms with Crippen LogP contribution in [0.5, 0.6) is 0 Å². The highest BCUT2D eigenvalue weighted by molar-refractivity contribution is 5.59. The van der Waals surface area contributed by atoms with Crippen LogP contribution >= 0.6 is 0 Å². The second-order valence-corrected chi connectivity index (χ2v) is 20.2. The van der Waals surface area contributed by atoms with Gasteiger partial charge in [-0.2, -0.15) is 0 Å². The van der Waals surface area contributed by atoms with Crippen molar-refractivity contribution in [2.75, 3.05) is 108 Å². The van der Waals surface area contributed by atoms with Gasteiger partial charge in [0.25, 0.3) is 5.79 Å². The van der Waals surface area contributed by atoms with Gasteiger partial charge < -0.3 is 29.9 Å². The van der Waals surface area contributed by atoms with Crippen LogP contribution in [0.25, 0.3) is 0 Å². The Labute approximate surface area is 417 Å². The molecule has 4 aromatic rings. The van der Waals surface area contributed by atoms with Crippen LogP contribution in [0.1, 0.15) is 76.0 Å². The first-order valence-corrected chi connectivity index (χ1v) is 26.1. The molecule has 9 nitrogen and oxygen atoms in total. The van der Waals surface area contributed by atoms with Crippen molar-refractivity contribution < 1.29 is 35.8 Å². The van der Waals surface area contributed by atoms with Crippen molar-refractivity contribution in [3.63, 3.8) is 0 Å². The summed E-state index contributed by atoms with van der Waals surface area (Å²) in [7, 11) is 0. The third-order valence-corrected chi connectivity index (χ3v) is 15.8. The fourth-order valence-corrected chi connectivity index (χ4v) is 12.0. The predicted octanol–water partition coefficient (Wildman–Crippen LogP) is 9.73. The van der Waals surface area contributed by atoms with E-state index in [-0.39, 0.29) is 49.6 Å². The highest BCUT2D eigenvalue weighted by atomic mass is 19.2. The van der Waals surface area contributed by atoms with E-state index in [0.717, 1.165) is 37.5 Å². The molecule has 0 saturated carbocycles. The molecule has 4 heterocycles. The maximum Gasteiger partial charge on any atom is 0.255 e. The molecule has 8 rings (SSSR count). The minimum absolute atomic E-state index is 0.0162. The van der Waals surface area contributed by atoms with Crippen LogP contribution in [-0.2, 0) is 15.0 Å². The zero-order chi connectivity index (χ0) is 50.0. The van der Waals surface area contributed by atoms with E-state index in [1.807, 2.05) is 41.3 Å². The number of anilines is 2. The monoisotopic (exact) mass is 992 g/mol. The molecule has 8 unspecified atom stereocenters. The molecule has 15 heteroatoms. The first kappa shape index (κ1) is 53.1. The Bertz CT molecular complexity index is 2240. The second kappa shape index (κ2) is 24.7. The molecule has 4 aromatic carbocycles. The lowest BCUT2D eigenvalue weighted by molar-refractivity contribution is -0.148. The van der Waals surface area contributed by atoms with E-state index >= 15 is 26.3 Å². The van der Waals surface area contributed by atoms with E-state index in [0.29, 0.717) is 96.5 Å². The van der Waals surface area contributed by atoms with Gasteiger partial charge in [-0.05, 0) is 119 Å². The van der Waals surface area contributed by atoms with E-state index in [9.17, 15) is 0 Å². The summed E-state index contributed by atoms with van der Waals surface area (Å²) in [6.07, 6.45) is -0.271. The molecule has 4 aliphatic heterocycles. The molecule has 0 bridgehead atoms. The van der Waals surface area contributed by atoms with E-state index in [1.165, 1.54) is 28.0 Å². The highest BCUT2D eigenvalue weighted by Gasteiger charge is 2.71. The first-order valence-electron chi connectivity index (χ1n) is 26.1. The Hall–Kier alpha value is -4.22. The summed E-state index contributed by atoms with van der Waals surface area (Å²) in [6.45, 7) is 10.1. The van der Waals surface area contributed by atoms with Gasteiger partial charge in [0.15, 0.2) is 0 Å². The number of rotatable bonds is 21. The number of morpholine rings is 2. The lowest BCUT2D eigenvalue weighted by Gasteiger charge is -2.63. The quantitative estimate of drug-likeness (QED) is 0.0650. The number of likely N-dealkylation sites (tertiary alicyclic amines) is 2. The smallest absolute Gasteiger partial charge is 0.255 e. The van der Waals surface area contributed by atoms with Crippen molar-refractivity contribution >= 4 is 11.4 Å². The van der Waals surface area contributed by atoms with Gasteiger partial charge in [-0.15, -0.1) is 0 Å². The molecule has 0 aliphatic carbocycles. The van der Waals surface area contributed by atoms with Crippen LogP contribution in [0.3, 0.4) is 0 Å². The summed E-state index contributed by atoms with van der Waals surface area (Å²) < 4.78 is 119. The van der Waals surface area contributed by atoms with Gasteiger partial charge >= 0.3 is 0 Å². The number of nitrogens with zero attached hydrogens (tertiary/aromatic N) is 6. The molecular weight excluding hydrogens is 917 g/mol. The maximum absolute atomic E-state index is 22.3. The van der Waals surface area contributed by atoms with Gasteiger partial charge in [0.2, 0.25) is 6.30 Å². The molecule has 0 radical (unpaired) electrons. The van der Waals surface area contributed by atoms with Gasteiger partial charge in [-0.3, -0.25) is 14.7 Å². The third kappa shape index (κ3) is 11.9. The molecule has 8 atom stereocenters. The molecule has 388 valence electrons. The summed E-state index contributed by atoms with van der Waals surface area (Å²) in [5.41, 5.74) is 5.95. The van der Waals surface area contributed by atoms with Gasteiger partial charge in [0, 0.05) is 106 Å². The maximum atomic E-state index is 22.3. The molecule has 2 N–H and O–H groups in total. The SMILES string of the molecule is CC1CCCCN1CC(C(N)c1cc(F)ccc1F)C(c1cccc(F)c1)(N(CCCN1CCOCC1)c1ccccc1)C(F)(C(F)N1CC(F)CCC1C)N(CCCN1CCOCC1)c1ccccc1. The third-order valence-electron chi connectivity index (χ3n) is 15.8. The first-order chi connectivity index (χ1) is 34.4. The molecular formula is C56H75F6N7O2. The average Bonchev–Trinajstić information content (AvgIpc) is 3.39. The molecule has 71 heavy (non-hydrogen) atoms. The molecule has 0 aromatic heterocycles. The van der Waals surface area contributed by atoms with Crippen LogP contribution in [0.2, 0.25) is 0 Å². The minimum Gasteiger partial charge on any atom is -0.379 e. The summed E-state index contributed by atoms with van der Waals surface area (Å²) in [5, 5.41) is 0. The zero-order valence-electron chi connectivity index (χ0n) is 41.7. The van der Waals surface area contributed by atoms with Crippen LogP contribution in [0, 0.1) is 23.4 Å². The number of para-hydroxylation sites is 2. The fraction of sp³-hybridized carbons (Fsp3) is 0.571. The molecule has 0 amide bonds. The summed E-state index contributed by atoms with van der Waals surface area (Å²) in [6, 6.07) is 24.7. The Balaban J connectivity index is 1.50. The van der Waals surface area contributed by atoms with Crippen molar-refractivity contribution in [3.8, 4) is 0 Å². The van der Waals surface area contributed by atoms with Gasteiger partial charge in [0.05, 0.1) is 26.4 Å². The fourth-order valence-electron chi connectivity index (χ4n) is 12.0. The van der Waals surface area contributed by atoms with E-state index in [2.05, 4.69) is 21.6 Å². The standard InChI is InChI=1S/C56H75F6N7O2/c1-42-14-9-10-27-66(42)41-51(53(63)50-39-46(58)23-24-52(50)60)55(44-15-11-16-45(57)38-44,68(48-17-5-3-6-18-48)28-12-25-64-30-34-70-35-31-64)56(62,54(61)67-40-47(59)22-21-43(67)2)69(49-19-7-4-8-20-49)29-13-26-65-32-36-71-37-33-65/h3-8,11,15-20,23-24,38-39,42-43,47,51,53-54H,9-10,12-14,21-22,25-37,40-41,63H2,1-2H3. The highest BCUT2D eigenvalue weighted by Crippen LogP contribution is 2.58. The van der Waals surface area contributed by atoms with Gasteiger partial charge in [-0.25, -0.2) is 26.3 Å². The van der Waals surface area contributed by atoms with Gasteiger partial charge in [0.1, 0.15) is 29.2 Å². The Kier molecular flexibility index (Phi) is 18.4. The van der Waals surface area contributed by atoms with Crippen molar-refractivity contribution in [2.24, 2.45) is 11.7 Å². The van der Waals surface area contributed by atoms with Crippen LogP contribution < -0.4 is 15.5 Å². The minimum atomic E-state index is -3.32. The lowest BCUT2D eigenvalue weighted by Crippen LogP contribution is -2.78. The topological polar surface area (TPSA) is 63.9 Å². The van der Waals surface area contributed by atoms with E-state index < -0.39 is 65.8 Å². The number of halogens is 6. The number of hydrogen-bond donors (Lipinski definition) is 1. The van der Waals surface area contributed by atoms with E-state index in [1.54, 1.807) is 37.3 Å². The Morgan fingerprint density at radius 2 is 1.27 bits per heavy atom. The summed E-state index contributed by atoms with van der Waals surface area (Å²) >= 11 is 0. The van der Waals surface area contributed by atoms with Crippen molar-refractivity contribution in [1.82, 2.24) is 19.6 Å². The normalized spacial score (nSPS) is 24.1. The van der Waals surface area contributed by atoms with Crippen molar-refractivity contribution in [1.29, 1.82) is 0 Å². The van der Waals surface area contributed by atoms with Crippen LogP contribution in [0.15, 0.2) is 103 Å². The summed E-state index contributed by atoms with van der Waals surface area (Å²) in [4.78, 5) is 11.4. The largest absolute Gasteiger partial charge is 0.379 e. The Morgan fingerprint density at radius 1 is 0.676 bits per heavy atom. The molecule has 4 aliphatic rings. The number of nitrogens with two attached hydrogens (primary N) is 1. The Morgan fingerprint density at radius 3 is 1.87 bits per heavy atom. The second-order valence-electron chi connectivity index (χ2n) is 20.2. The van der Waals surface area contributed by atoms with E-state index in [4.69, 9.17) is 15.2 Å². The number of ether oxygens (including phenoxy) is 2. The lowest BCUT2D eigenvalue weighted by atomic mass is 9.63. The number of piperidine rings is 2. The molecule has 4 saturated heterocycles. The van der Waals surface area contributed by atoms with Crippen molar-refractivity contribution in [3.05, 3.63) is 132 Å².